The number of benzene rings is 4. The van der Waals surface area contributed by atoms with Gasteiger partial charge in [0.2, 0.25) is 12.3 Å². The minimum atomic E-state index is -0.0497. The highest BCUT2D eigenvalue weighted by Gasteiger charge is 2.18. The molecule has 4 rings (SSSR count). The summed E-state index contributed by atoms with van der Waals surface area (Å²) in [6.07, 6.45) is 0.896. The third-order valence-corrected chi connectivity index (χ3v) is 8.11. The second kappa shape index (κ2) is 13.9. The van der Waals surface area contributed by atoms with Gasteiger partial charge in [-0.15, -0.1) is 11.8 Å². The lowest BCUT2D eigenvalue weighted by atomic mass is 10.0. The van der Waals surface area contributed by atoms with E-state index in [1.54, 1.807) is 23.7 Å². The quantitative estimate of drug-likeness (QED) is 0.110. The Hall–Kier alpha value is -3.46. The molecular formula is C30H32N4O2S2. The van der Waals surface area contributed by atoms with E-state index < -0.39 is 0 Å². The number of hydrogen-bond acceptors (Lipinski definition) is 6. The molecule has 0 aliphatic rings. The average Bonchev–Trinajstić information content (AvgIpc) is 2.94. The predicted octanol–water partition coefficient (Wildman–Crippen LogP) is 5.94. The normalized spacial score (nSPS) is 11.6. The fraction of sp³-hybridized carbons (Fsp3) is 0.200. The number of likely N-dealkylation sites (N-methyl/N-ethyl adjacent to an activating group) is 1. The Morgan fingerprint density at radius 3 is 2.47 bits per heavy atom. The minimum absolute atomic E-state index is 0.0441. The van der Waals surface area contributed by atoms with Crippen LogP contribution in [-0.4, -0.2) is 37.7 Å². The van der Waals surface area contributed by atoms with E-state index >= 15 is 0 Å². The maximum absolute atomic E-state index is 12.5. The standard InChI is InChI=1S/C30H32N4O2S2/c1-22(32-29(36)18-31-2)20-37-30-27(33-38-25-13-4-3-5-14-25)16-9-17-28(30)34(21-35)19-24-12-8-11-23-10-6-7-15-26(23)24/h3-17,21-22,31,33H,18-20H2,1-2H3,(H,32,36). The van der Waals surface area contributed by atoms with E-state index in [1.165, 1.54) is 11.9 Å². The van der Waals surface area contributed by atoms with Crippen LogP contribution in [0.3, 0.4) is 0 Å². The van der Waals surface area contributed by atoms with Crippen LogP contribution in [0.5, 0.6) is 0 Å². The number of thioether (sulfide) groups is 1. The molecule has 2 amide bonds. The lowest BCUT2D eigenvalue weighted by Crippen LogP contribution is -2.39. The second-order valence-corrected chi connectivity index (χ2v) is 10.8. The third-order valence-electron chi connectivity index (χ3n) is 5.90. The number of carbonyl (C=O) groups is 2. The summed E-state index contributed by atoms with van der Waals surface area (Å²) in [5.41, 5.74) is 2.82. The van der Waals surface area contributed by atoms with Gasteiger partial charge in [0.05, 0.1) is 29.4 Å². The summed E-state index contributed by atoms with van der Waals surface area (Å²) in [6, 6.07) is 30.4. The van der Waals surface area contributed by atoms with E-state index in [1.807, 2.05) is 73.7 Å². The Labute approximate surface area is 232 Å². The molecule has 0 aromatic heterocycles. The van der Waals surface area contributed by atoms with E-state index in [2.05, 4.69) is 39.6 Å². The summed E-state index contributed by atoms with van der Waals surface area (Å²) in [5, 5.41) is 8.17. The fourth-order valence-corrected chi connectivity index (χ4v) is 5.98. The molecule has 0 aliphatic heterocycles. The number of amides is 2. The van der Waals surface area contributed by atoms with Gasteiger partial charge >= 0.3 is 0 Å². The van der Waals surface area contributed by atoms with Crippen molar-refractivity contribution in [3.05, 3.63) is 96.6 Å². The van der Waals surface area contributed by atoms with Crippen molar-refractivity contribution in [2.24, 2.45) is 0 Å². The van der Waals surface area contributed by atoms with Gasteiger partial charge in [0.25, 0.3) is 0 Å². The molecule has 38 heavy (non-hydrogen) atoms. The molecule has 6 nitrogen and oxygen atoms in total. The molecule has 0 saturated carbocycles. The first-order valence-corrected chi connectivity index (χ1v) is 14.3. The van der Waals surface area contributed by atoms with Gasteiger partial charge in [-0.2, -0.15) is 0 Å². The first-order valence-electron chi connectivity index (χ1n) is 12.4. The van der Waals surface area contributed by atoms with Crippen molar-refractivity contribution < 1.29 is 9.59 Å². The van der Waals surface area contributed by atoms with Crippen LogP contribution in [0, 0.1) is 0 Å². The zero-order valence-corrected chi connectivity index (χ0v) is 23.1. The van der Waals surface area contributed by atoms with Gasteiger partial charge in [-0.05, 0) is 66.5 Å². The molecule has 0 spiro atoms. The van der Waals surface area contributed by atoms with E-state index in [-0.39, 0.29) is 18.5 Å². The molecule has 1 unspecified atom stereocenters. The highest BCUT2D eigenvalue weighted by atomic mass is 32.2. The van der Waals surface area contributed by atoms with Crippen molar-refractivity contribution in [2.45, 2.75) is 29.3 Å². The molecule has 0 fully saturated rings. The summed E-state index contributed by atoms with van der Waals surface area (Å²) >= 11 is 3.15. The maximum atomic E-state index is 12.5. The largest absolute Gasteiger partial charge is 0.352 e. The van der Waals surface area contributed by atoms with E-state index in [4.69, 9.17) is 0 Å². The number of nitrogens with one attached hydrogen (secondary N) is 3. The van der Waals surface area contributed by atoms with Gasteiger partial charge in [0.15, 0.2) is 0 Å². The topological polar surface area (TPSA) is 73.5 Å². The highest BCUT2D eigenvalue weighted by molar-refractivity contribution is 8.01. The Morgan fingerprint density at radius 1 is 0.947 bits per heavy atom. The molecule has 0 bridgehead atoms. The molecule has 196 valence electrons. The molecule has 4 aromatic carbocycles. The average molecular weight is 545 g/mol. The van der Waals surface area contributed by atoms with Gasteiger partial charge in [-0.3, -0.25) is 9.59 Å². The van der Waals surface area contributed by atoms with E-state index in [9.17, 15) is 9.59 Å². The smallest absolute Gasteiger partial charge is 0.234 e. The molecule has 8 heteroatoms. The van der Waals surface area contributed by atoms with E-state index in [0.717, 1.165) is 43.9 Å². The molecule has 0 heterocycles. The Morgan fingerprint density at radius 2 is 1.68 bits per heavy atom. The van der Waals surface area contributed by atoms with Gasteiger partial charge in [0, 0.05) is 16.7 Å². The van der Waals surface area contributed by atoms with Crippen molar-refractivity contribution in [3.63, 3.8) is 0 Å². The number of hydrogen-bond donors (Lipinski definition) is 3. The van der Waals surface area contributed by atoms with Gasteiger partial charge in [-0.1, -0.05) is 66.7 Å². The van der Waals surface area contributed by atoms with Crippen LogP contribution in [0.1, 0.15) is 12.5 Å². The molecule has 4 aromatic rings. The molecule has 0 radical (unpaired) electrons. The van der Waals surface area contributed by atoms with Crippen LogP contribution in [0.25, 0.3) is 10.8 Å². The highest BCUT2D eigenvalue weighted by Crippen LogP contribution is 2.39. The van der Waals surface area contributed by atoms with Crippen LogP contribution < -0.4 is 20.3 Å². The first kappa shape index (κ1) is 27.6. The lowest BCUT2D eigenvalue weighted by molar-refractivity contribution is -0.120. The third kappa shape index (κ3) is 7.31. The Kier molecular flexibility index (Phi) is 10.1. The zero-order valence-electron chi connectivity index (χ0n) is 21.5. The number of rotatable bonds is 13. The van der Waals surface area contributed by atoms with Crippen molar-refractivity contribution >= 4 is 58.2 Å². The lowest BCUT2D eigenvalue weighted by Gasteiger charge is -2.24. The monoisotopic (exact) mass is 544 g/mol. The molecular weight excluding hydrogens is 512 g/mol. The van der Waals surface area contributed by atoms with Crippen molar-refractivity contribution in [3.8, 4) is 0 Å². The van der Waals surface area contributed by atoms with Crippen molar-refractivity contribution in [1.82, 2.24) is 10.6 Å². The number of nitrogens with zero attached hydrogens (tertiary/aromatic N) is 1. The molecule has 3 N–H and O–H groups in total. The predicted molar refractivity (Wildman–Crippen MR) is 161 cm³/mol. The Balaban J connectivity index is 1.62. The number of fused-ring (bicyclic) bond motifs is 1. The zero-order chi connectivity index (χ0) is 26.7. The van der Waals surface area contributed by atoms with Gasteiger partial charge in [0.1, 0.15) is 0 Å². The molecule has 0 aliphatic carbocycles. The molecule has 0 saturated heterocycles. The van der Waals surface area contributed by atoms with Crippen LogP contribution in [-0.2, 0) is 16.1 Å². The molecule has 1 atom stereocenters. The summed E-state index contributed by atoms with van der Waals surface area (Å²) < 4.78 is 3.48. The van der Waals surface area contributed by atoms with Gasteiger partial charge < -0.3 is 20.3 Å². The maximum Gasteiger partial charge on any atom is 0.234 e. The SMILES string of the molecule is CNCC(=O)NC(C)CSc1c(NSc2ccccc2)cccc1N(C=O)Cc1cccc2ccccc12. The van der Waals surface area contributed by atoms with Crippen LogP contribution >= 0.6 is 23.7 Å². The summed E-state index contributed by atoms with van der Waals surface area (Å²) in [5.74, 6) is 0.607. The van der Waals surface area contributed by atoms with Crippen LogP contribution in [0.4, 0.5) is 11.4 Å². The van der Waals surface area contributed by atoms with Crippen molar-refractivity contribution in [2.75, 3.05) is 29.0 Å². The summed E-state index contributed by atoms with van der Waals surface area (Å²) in [4.78, 5) is 28.3. The first-order chi connectivity index (χ1) is 18.6. The van der Waals surface area contributed by atoms with Crippen LogP contribution in [0.2, 0.25) is 0 Å². The van der Waals surface area contributed by atoms with Crippen molar-refractivity contribution in [1.29, 1.82) is 0 Å². The van der Waals surface area contributed by atoms with Gasteiger partial charge in [-0.25, -0.2) is 0 Å². The minimum Gasteiger partial charge on any atom is -0.352 e. The summed E-state index contributed by atoms with van der Waals surface area (Å²) in [7, 11) is 1.75. The number of carbonyl (C=O) groups excluding carboxylic acids is 2. The van der Waals surface area contributed by atoms with Crippen LogP contribution in [0.15, 0.2) is 101 Å². The fourth-order valence-electron chi connectivity index (χ4n) is 4.12. The van der Waals surface area contributed by atoms with E-state index in [0.29, 0.717) is 12.3 Å². The second-order valence-electron chi connectivity index (χ2n) is 8.85. The number of anilines is 2. The Bertz CT molecular complexity index is 1360. The summed E-state index contributed by atoms with van der Waals surface area (Å²) in [6.45, 7) is 2.71.